The summed E-state index contributed by atoms with van der Waals surface area (Å²) in [6, 6.07) is 3.33. The second-order valence-corrected chi connectivity index (χ2v) is 5.11. The van der Waals surface area contributed by atoms with Crippen LogP contribution in [-0.4, -0.2) is 40.0 Å². The number of aliphatic carboxylic acids is 1. The molecule has 7 heteroatoms. The van der Waals surface area contributed by atoms with E-state index in [1.54, 1.807) is 30.9 Å². The van der Waals surface area contributed by atoms with Crippen LogP contribution in [-0.2, 0) is 14.4 Å². The second-order valence-electron chi connectivity index (χ2n) is 5.11. The zero-order valence-corrected chi connectivity index (χ0v) is 11.7. The van der Waals surface area contributed by atoms with Crippen molar-refractivity contribution >= 4 is 29.7 Å². The first kappa shape index (κ1) is 14.7. The number of carboxylic acid groups (broad SMARTS) is 1. The van der Waals surface area contributed by atoms with E-state index in [0.29, 0.717) is 11.4 Å². The van der Waals surface area contributed by atoms with E-state index in [0.717, 1.165) is 6.08 Å². The predicted octanol–water partition coefficient (Wildman–Crippen LogP) is 0.421. The summed E-state index contributed by atoms with van der Waals surface area (Å²) in [5, 5.41) is 11.0. The molecule has 0 bridgehead atoms. The van der Waals surface area contributed by atoms with Gasteiger partial charge >= 0.3 is 5.97 Å². The fourth-order valence-corrected chi connectivity index (χ4v) is 2.05. The first-order valence-electron chi connectivity index (χ1n) is 6.30. The van der Waals surface area contributed by atoms with E-state index in [9.17, 15) is 14.4 Å². The fourth-order valence-electron chi connectivity index (χ4n) is 2.05. The van der Waals surface area contributed by atoms with Crippen LogP contribution >= 0.6 is 0 Å². The molecule has 1 aliphatic heterocycles. The first-order chi connectivity index (χ1) is 9.82. The number of rotatable bonds is 3. The van der Waals surface area contributed by atoms with Gasteiger partial charge in [0.05, 0.1) is 6.54 Å². The molecule has 2 amide bonds. The van der Waals surface area contributed by atoms with Gasteiger partial charge in [0.2, 0.25) is 5.91 Å². The number of nitrogens with one attached hydrogen (secondary N) is 1. The van der Waals surface area contributed by atoms with Gasteiger partial charge in [0, 0.05) is 17.8 Å². The van der Waals surface area contributed by atoms with E-state index in [2.05, 4.69) is 10.3 Å². The molecule has 1 saturated heterocycles. The molecule has 0 atom stereocenters. The van der Waals surface area contributed by atoms with Crippen LogP contribution < -0.4 is 10.2 Å². The topological polar surface area (TPSA) is 99.6 Å². The van der Waals surface area contributed by atoms with Crippen molar-refractivity contribution < 1.29 is 19.5 Å². The normalized spacial score (nSPS) is 17.9. The summed E-state index contributed by atoms with van der Waals surface area (Å²) < 4.78 is 0. The minimum Gasteiger partial charge on any atom is -0.478 e. The Bertz CT molecular complexity index is 637. The van der Waals surface area contributed by atoms with Crippen LogP contribution in [0, 0.1) is 0 Å². The number of carbonyl (C=O) groups is 3. The molecule has 2 rings (SSSR count). The Balaban J connectivity index is 2.47. The van der Waals surface area contributed by atoms with E-state index in [1.165, 1.54) is 12.3 Å². The molecular formula is C14H15N3O4. The minimum absolute atomic E-state index is 0.0241. The molecular weight excluding hydrogens is 274 g/mol. The summed E-state index contributed by atoms with van der Waals surface area (Å²) in [7, 11) is 0. The Morgan fingerprint density at radius 1 is 1.48 bits per heavy atom. The van der Waals surface area contributed by atoms with Crippen LogP contribution in [0.4, 0.5) is 5.82 Å². The van der Waals surface area contributed by atoms with Gasteiger partial charge in [-0.25, -0.2) is 9.78 Å². The standard InChI is InChI=1S/C14H15N3O4/c1-14(2)13(21)16-10(18)8-17(14)12-9(4-3-7-15-12)5-6-11(19)20/h3-7H,8H2,1-2H3,(H,19,20)(H,16,18,21)/b6-5+. The van der Waals surface area contributed by atoms with E-state index in [4.69, 9.17) is 5.11 Å². The van der Waals surface area contributed by atoms with Crippen molar-refractivity contribution in [2.24, 2.45) is 0 Å². The van der Waals surface area contributed by atoms with Crippen LogP contribution in [0.5, 0.6) is 0 Å². The zero-order valence-electron chi connectivity index (χ0n) is 11.7. The molecule has 1 aromatic rings. The Morgan fingerprint density at radius 3 is 2.86 bits per heavy atom. The SMILES string of the molecule is CC1(C)C(=O)NC(=O)CN1c1ncccc1/C=C/C(=O)O. The number of hydrogen-bond acceptors (Lipinski definition) is 5. The molecule has 0 aliphatic carbocycles. The number of anilines is 1. The molecule has 1 fully saturated rings. The first-order valence-corrected chi connectivity index (χ1v) is 6.30. The highest BCUT2D eigenvalue weighted by atomic mass is 16.4. The fraction of sp³-hybridized carbons (Fsp3) is 0.286. The zero-order chi connectivity index (χ0) is 15.6. The van der Waals surface area contributed by atoms with Gasteiger partial charge in [-0.2, -0.15) is 0 Å². The number of pyridine rings is 1. The van der Waals surface area contributed by atoms with Gasteiger partial charge in [-0.1, -0.05) is 0 Å². The number of nitrogens with zero attached hydrogens (tertiary/aromatic N) is 2. The third-order valence-corrected chi connectivity index (χ3v) is 3.26. The van der Waals surface area contributed by atoms with E-state index >= 15 is 0 Å². The number of carboxylic acids is 1. The largest absolute Gasteiger partial charge is 0.478 e. The van der Waals surface area contributed by atoms with Gasteiger partial charge in [-0.05, 0) is 32.1 Å². The summed E-state index contributed by atoms with van der Waals surface area (Å²) in [5.74, 6) is -1.53. The predicted molar refractivity (Wildman–Crippen MR) is 75.5 cm³/mol. The minimum atomic E-state index is -1.09. The molecule has 2 heterocycles. The molecule has 0 radical (unpaired) electrons. The maximum Gasteiger partial charge on any atom is 0.328 e. The van der Waals surface area contributed by atoms with Crippen molar-refractivity contribution in [3.63, 3.8) is 0 Å². The van der Waals surface area contributed by atoms with Gasteiger partial charge in [0.25, 0.3) is 5.91 Å². The van der Waals surface area contributed by atoms with E-state index in [-0.39, 0.29) is 6.54 Å². The van der Waals surface area contributed by atoms with Crippen molar-refractivity contribution in [1.82, 2.24) is 10.3 Å². The highest BCUT2D eigenvalue weighted by Crippen LogP contribution is 2.28. The average Bonchev–Trinajstić information content (AvgIpc) is 2.41. The quantitative estimate of drug-likeness (QED) is 0.618. The maximum atomic E-state index is 12.0. The summed E-state index contributed by atoms with van der Waals surface area (Å²) in [5.41, 5.74) is -0.441. The molecule has 0 saturated carbocycles. The lowest BCUT2D eigenvalue weighted by atomic mass is 9.98. The molecule has 1 aliphatic rings. The lowest BCUT2D eigenvalue weighted by Crippen LogP contribution is -2.64. The van der Waals surface area contributed by atoms with Gasteiger partial charge in [0.15, 0.2) is 0 Å². The number of hydrogen-bond donors (Lipinski definition) is 2. The number of piperazine rings is 1. The van der Waals surface area contributed by atoms with Crippen molar-refractivity contribution in [1.29, 1.82) is 0 Å². The Hall–Kier alpha value is -2.70. The summed E-state index contributed by atoms with van der Waals surface area (Å²) >= 11 is 0. The molecule has 21 heavy (non-hydrogen) atoms. The molecule has 7 nitrogen and oxygen atoms in total. The number of amides is 2. The lowest BCUT2D eigenvalue weighted by molar-refractivity contribution is -0.135. The lowest BCUT2D eigenvalue weighted by Gasteiger charge is -2.41. The second kappa shape index (κ2) is 5.35. The molecule has 2 N–H and O–H groups in total. The van der Waals surface area contributed by atoms with Gasteiger partial charge in [-0.3, -0.25) is 14.9 Å². The smallest absolute Gasteiger partial charge is 0.328 e. The molecule has 110 valence electrons. The highest BCUT2D eigenvalue weighted by Gasteiger charge is 2.42. The third kappa shape index (κ3) is 2.91. The van der Waals surface area contributed by atoms with E-state index < -0.39 is 23.3 Å². The highest BCUT2D eigenvalue weighted by molar-refractivity contribution is 6.06. The molecule has 1 aromatic heterocycles. The number of aromatic nitrogens is 1. The Morgan fingerprint density at radius 2 is 2.19 bits per heavy atom. The number of carbonyl (C=O) groups excluding carboxylic acids is 2. The summed E-state index contributed by atoms with van der Waals surface area (Å²) in [6.07, 6.45) is 3.90. The molecule has 0 unspecified atom stereocenters. The van der Waals surface area contributed by atoms with Gasteiger partial charge in [0.1, 0.15) is 11.4 Å². The maximum absolute atomic E-state index is 12.0. The van der Waals surface area contributed by atoms with E-state index in [1.807, 2.05) is 0 Å². The average molecular weight is 289 g/mol. The van der Waals surface area contributed by atoms with Crippen LogP contribution in [0.15, 0.2) is 24.4 Å². The van der Waals surface area contributed by atoms with Crippen molar-refractivity contribution in [2.45, 2.75) is 19.4 Å². The number of imide groups is 1. The Labute approximate surface area is 121 Å². The van der Waals surface area contributed by atoms with Crippen LogP contribution in [0.3, 0.4) is 0 Å². The summed E-state index contributed by atoms with van der Waals surface area (Å²) in [4.78, 5) is 40.0. The Kier molecular flexibility index (Phi) is 3.75. The summed E-state index contributed by atoms with van der Waals surface area (Å²) in [6.45, 7) is 3.33. The van der Waals surface area contributed by atoms with Gasteiger partial charge in [-0.15, -0.1) is 0 Å². The molecule has 0 aromatic carbocycles. The van der Waals surface area contributed by atoms with Crippen molar-refractivity contribution in [2.75, 3.05) is 11.4 Å². The van der Waals surface area contributed by atoms with Crippen LogP contribution in [0.2, 0.25) is 0 Å². The van der Waals surface area contributed by atoms with Crippen LogP contribution in [0.1, 0.15) is 19.4 Å². The monoisotopic (exact) mass is 289 g/mol. The van der Waals surface area contributed by atoms with Crippen LogP contribution in [0.25, 0.3) is 6.08 Å². The van der Waals surface area contributed by atoms with Crippen molar-refractivity contribution in [3.05, 3.63) is 30.0 Å². The van der Waals surface area contributed by atoms with Gasteiger partial charge < -0.3 is 10.0 Å². The van der Waals surface area contributed by atoms with Crippen molar-refractivity contribution in [3.8, 4) is 0 Å². The third-order valence-electron chi connectivity index (χ3n) is 3.26. The molecule has 0 spiro atoms.